The number of hydrogen-bond donors (Lipinski definition) is 2. The Hall–Kier alpha value is -1.46. The summed E-state index contributed by atoms with van der Waals surface area (Å²) >= 11 is 1.54. The van der Waals surface area contributed by atoms with E-state index in [4.69, 9.17) is 0 Å². The maximum atomic E-state index is 12.1. The summed E-state index contributed by atoms with van der Waals surface area (Å²) in [6.07, 6.45) is 0. The number of nitrogens with one attached hydrogen (secondary N) is 2. The molecule has 5 heteroatoms. The van der Waals surface area contributed by atoms with Gasteiger partial charge >= 0.3 is 0 Å². The zero-order valence-electron chi connectivity index (χ0n) is 11.1. The molecule has 1 atom stereocenters. The van der Waals surface area contributed by atoms with Gasteiger partial charge in [0.2, 0.25) is 5.91 Å². The summed E-state index contributed by atoms with van der Waals surface area (Å²) in [5.41, 5.74) is 2.16. The molecule has 1 aliphatic rings. The molecule has 100 valence electrons. The van der Waals surface area contributed by atoms with Gasteiger partial charge in [0.15, 0.2) is 5.13 Å². The second kappa shape index (κ2) is 4.90. The Balaban J connectivity index is 1.75. The second-order valence-corrected chi connectivity index (χ2v) is 6.22. The van der Waals surface area contributed by atoms with Crippen molar-refractivity contribution in [2.75, 3.05) is 18.4 Å². The monoisotopic (exact) mass is 275 g/mol. The molecule has 1 aromatic heterocycles. The molecule has 1 unspecified atom stereocenters. The van der Waals surface area contributed by atoms with Crippen LogP contribution in [-0.2, 0) is 4.79 Å². The van der Waals surface area contributed by atoms with Crippen LogP contribution in [0.1, 0.15) is 12.5 Å². The fraction of sp³-hybridized carbons (Fsp3) is 0.429. The van der Waals surface area contributed by atoms with Crippen LogP contribution >= 0.6 is 11.3 Å². The first-order valence-corrected chi connectivity index (χ1v) is 7.34. The van der Waals surface area contributed by atoms with Crippen LogP contribution in [0.3, 0.4) is 0 Å². The third-order valence-electron chi connectivity index (χ3n) is 3.71. The molecule has 0 saturated carbocycles. The van der Waals surface area contributed by atoms with E-state index < -0.39 is 0 Å². The van der Waals surface area contributed by atoms with E-state index in [0.717, 1.165) is 23.3 Å². The first-order valence-electron chi connectivity index (χ1n) is 6.52. The predicted molar refractivity (Wildman–Crippen MR) is 78.5 cm³/mol. The largest absolute Gasteiger partial charge is 0.316 e. The van der Waals surface area contributed by atoms with Crippen LogP contribution < -0.4 is 10.6 Å². The third-order valence-corrected chi connectivity index (χ3v) is 4.64. The lowest BCUT2D eigenvalue weighted by molar-refractivity contribution is -0.121. The van der Waals surface area contributed by atoms with E-state index in [-0.39, 0.29) is 11.8 Å². The number of aryl methyl sites for hydroxylation is 1. The summed E-state index contributed by atoms with van der Waals surface area (Å²) in [6, 6.07) is 6.13. The highest BCUT2D eigenvalue weighted by molar-refractivity contribution is 7.22. The van der Waals surface area contributed by atoms with Gasteiger partial charge in [-0.1, -0.05) is 24.3 Å². The summed E-state index contributed by atoms with van der Waals surface area (Å²) in [7, 11) is 0. The van der Waals surface area contributed by atoms with Crippen LogP contribution in [0.15, 0.2) is 18.2 Å². The van der Waals surface area contributed by atoms with E-state index in [9.17, 15) is 4.79 Å². The Morgan fingerprint density at radius 1 is 1.53 bits per heavy atom. The smallest absolute Gasteiger partial charge is 0.229 e. The number of nitrogens with zero attached hydrogens (tertiary/aromatic N) is 1. The molecule has 1 aromatic carbocycles. The first-order chi connectivity index (χ1) is 9.13. The molecule has 1 amide bonds. The van der Waals surface area contributed by atoms with Crippen molar-refractivity contribution < 1.29 is 4.79 Å². The average Bonchev–Trinajstić information content (AvgIpc) is 2.67. The molecule has 2 aromatic rings. The van der Waals surface area contributed by atoms with Crippen LogP contribution in [0, 0.1) is 18.8 Å². The lowest BCUT2D eigenvalue weighted by Crippen LogP contribution is -2.48. The average molecular weight is 275 g/mol. The van der Waals surface area contributed by atoms with Gasteiger partial charge in [0.05, 0.1) is 10.2 Å². The number of hydrogen-bond acceptors (Lipinski definition) is 4. The van der Waals surface area contributed by atoms with E-state index in [1.807, 2.05) is 19.1 Å². The molecule has 19 heavy (non-hydrogen) atoms. The van der Waals surface area contributed by atoms with Gasteiger partial charge in [0.1, 0.15) is 0 Å². The Labute approximate surface area is 116 Å². The molecule has 0 spiro atoms. The molecule has 1 aliphatic heterocycles. The molecule has 0 bridgehead atoms. The first kappa shape index (κ1) is 12.6. The Kier molecular flexibility index (Phi) is 3.24. The number of rotatable bonds is 3. The zero-order valence-corrected chi connectivity index (χ0v) is 11.9. The van der Waals surface area contributed by atoms with Crippen LogP contribution in [-0.4, -0.2) is 24.0 Å². The van der Waals surface area contributed by atoms with E-state index in [2.05, 4.69) is 28.6 Å². The standard InChI is InChI=1S/C14H17N3OS/c1-8-3-4-11-12(5-8)19-14(16-11)17-13(18)9(2)10-6-15-7-10/h3-5,9-10,15H,6-7H2,1-2H3,(H,16,17,18). The maximum absolute atomic E-state index is 12.1. The quantitative estimate of drug-likeness (QED) is 0.904. The topological polar surface area (TPSA) is 54.0 Å². The highest BCUT2D eigenvalue weighted by Gasteiger charge is 2.29. The van der Waals surface area contributed by atoms with Crippen molar-refractivity contribution in [1.82, 2.24) is 10.3 Å². The lowest BCUT2D eigenvalue weighted by atomic mass is 9.88. The molecule has 0 radical (unpaired) electrons. The van der Waals surface area contributed by atoms with Crippen LogP contribution in [0.4, 0.5) is 5.13 Å². The molecule has 1 fully saturated rings. The second-order valence-electron chi connectivity index (χ2n) is 5.19. The molecule has 4 nitrogen and oxygen atoms in total. The van der Waals surface area contributed by atoms with Crippen molar-refractivity contribution in [2.45, 2.75) is 13.8 Å². The number of aromatic nitrogens is 1. The van der Waals surface area contributed by atoms with E-state index in [0.29, 0.717) is 11.0 Å². The Morgan fingerprint density at radius 3 is 3.00 bits per heavy atom. The number of thiazole rings is 1. The minimum absolute atomic E-state index is 0.0370. The summed E-state index contributed by atoms with van der Waals surface area (Å²) in [5, 5.41) is 6.83. The van der Waals surface area contributed by atoms with Crippen LogP contribution in [0.2, 0.25) is 0 Å². The number of benzene rings is 1. The van der Waals surface area contributed by atoms with E-state index >= 15 is 0 Å². The van der Waals surface area contributed by atoms with Gasteiger partial charge in [-0.25, -0.2) is 4.98 Å². The van der Waals surface area contributed by atoms with Crippen molar-refractivity contribution >= 4 is 32.6 Å². The minimum Gasteiger partial charge on any atom is -0.316 e. The van der Waals surface area contributed by atoms with Gasteiger partial charge in [-0.3, -0.25) is 4.79 Å². The summed E-state index contributed by atoms with van der Waals surface area (Å²) in [6.45, 7) is 5.92. The van der Waals surface area contributed by atoms with Gasteiger partial charge in [0.25, 0.3) is 0 Å². The summed E-state index contributed by atoms with van der Waals surface area (Å²) in [4.78, 5) is 16.6. The molecule has 2 N–H and O–H groups in total. The van der Waals surface area contributed by atoms with Gasteiger partial charge in [-0.15, -0.1) is 0 Å². The molecule has 0 aliphatic carbocycles. The number of amides is 1. The minimum atomic E-state index is 0.0370. The number of carbonyl (C=O) groups is 1. The van der Waals surface area contributed by atoms with Gasteiger partial charge in [0, 0.05) is 5.92 Å². The highest BCUT2D eigenvalue weighted by Crippen LogP contribution is 2.27. The molecular weight excluding hydrogens is 258 g/mol. The van der Waals surface area contributed by atoms with E-state index in [1.165, 1.54) is 16.9 Å². The fourth-order valence-electron chi connectivity index (χ4n) is 2.18. The normalized spacial score (nSPS) is 17.2. The Bertz CT molecular complexity index is 618. The molecule has 2 heterocycles. The summed E-state index contributed by atoms with van der Waals surface area (Å²) < 4.78 is 1.12. The Morgan fingerprint density at radius 2 is 2.32 bits per heavy atom. The van der Waals surface area contributed by atoms with Crippen LogP contribution in [0.25, 0.3) is 10.2 Å². The van der Waals surface area contributed by atoms with Crippen molar-refractivity contribution in [3.05, 3.63) is 23.8 Å². The van der Waals surface area contributed by atoms with Crippen molar-refractivity contribution in [3.8, 4) is 0 Å². The number of anilines is 1. The lowest BCUT2D eigenvalue weighted by Gasteiger charge is -2.31. The summed E-state index contributed by atoms with van der Waals surface area (Å²) in [5.74, 6) is 0.564. The predicted octanol–water partition coefficient (Wildman–Crippen LogP) is 2.40. The van der Waals surface area contributed by atoms with Crippen molar-refractivity contribution in [3.63, 3.8) is 0 Å². The maximum Gasteiger partial charge on any atom is 0.229 e. The van der Waals surface area contributed by atoms with Crippen molar-refractivity contribution in [1.29, 1.82) is 0 Å². The fourth-order valence-corrected chi connectivity index (χ4v) is 3.15. The van der Waals surface area contributed by atoms with Gasteiger partial charge in [-0.2, -0.15) is 0 Å². The SMILES string of the molecule is Cc1ccc2nc(NC(=O)C(C)C3CNC3)sc2c1. The van der Waals surface area contributed by atoms with Gasteiger partial charge < -0.3 is 10.6 Å². The highest BCUT2D eigenvalue weighted by atomic mass is 32.1. The van der Waals surface area contributed by atoms with Crippen molar-refractivity contribution in [2.24, 2.45) is 11.8 Å². The van der Waals surface area contributed by atoms with E-state index in [1.54, 1.807) is 0 Å². The van der Waals surface area contributed by atoms with Crippen LogP contribution in [0.5, 0.6) is 0 Å². The molecular formula is C14H17N3OS. The zero-order chi connectivity index (χ0) is 13.4. The molecule has 3 rings (SSSR count). The number of fused-ring (bicyclic) bond motifs is 1. The number of carbonyl (C=O) groups excluding carboxylic acids is 1. The van der Waals surface area contributed by atoms with Gasteiger partial charge in [-0.05, 0) is 43.6 Å². The molecule has 1 saturated heterocycles. The third kappa shape index (κ3) is 2.48.